The zero-order valence-electron chi connectivity index (χ0n) is 7.34. The molecule has 0 atom stereocenters. The summed E-state index contributed by atoms with van der Waals surface area (Å²) in [5.74, 6) is 0.250. The molecule has 0 unspecified atom stereocenters. The topological polar surface area (TPSA) is 20.3 Å². The average Bonchev–Trinajstić information content (AvgIpc) is 2.12. The number of hydrogen-bond donors (Lipinski definition) is 0. The molecule has 0 aromatic rings. The van der Waals surface area contributed by atoms with Crippen LogP contribution in [-0.4, -0.2) is 17.9 Å². The Bertz CT molecular complexity index is 276. The van der Waals surface area contributed by atoms with Crippen LogP contribution in [0, 0.1) is 0 Å². The SMILES string of the molecule is CN1C(=O)CCC2=CCCC=C21. The first-order valence-corrected chi connectivity index (χ1v) is 4.45. The molecule has 0 N–H and O–H groups in total. The quantitative estimate of drug-likeness (QED) is 0.533. The Morgan fingerprint density at radius 2 is 2.00 bits per heavy atom. The Morgan fingerprint density at radius 3 is 2.83 bits per heavy atom. The molecular weight excluding hydrogens is 150 g/mol. The van der Waals surface area contributed by atoms with Crippen LogP contribution in [0.25, 0.3) is 0 Å². The summed E-state index contributed by atoms with van der Waals surface area (Å²) >= 11 is 0. The van der Waals surface area contributed by atoms with Crippen LogP contribution in [0.5, 0.6) is 0 Å². The van der Waals surface area contributed by atoms with Crippen molar-refractivity contribution in [3.63, 3.8) is 0 Å². The molecule has 64 valence electrons. The van der Waals surface area contributed by atoms with Gasteiger partial charge in [-0.1, -0.05) is 12.2 Å². The van der Waals surface area contributed by atoms with Gasteiger partial charge in [-0.2, -0.15) is 0 Å². The number of allylic oxidation sites excluding steroid dienone is 3. The first-order chi connectivity index (χ1) is 5.79. The van der Waals surface area contributed by atoms with E-state index in [1.54, 1.807) is 4.90 Å². The van der Waals surface area contributed by atoms with Crippen molar-refractivity contribution >= 4 is 5.91 Å². The average molecular weight is 163 g/mol. The lowest BCUT2D eigenvalue weighted by Gasteiger charge is -2.30. The molecule has 2 nitrogen and oxygen atoms in total. The predicted molar refractivity (Wildman–Crippen MR) is 47.4 cm³/mol. The van der Waals surface area contributed by atoms with E-state index in [1.807, 2.05) is 7.05 Å². The molecular formula is C10H13NO. The lowest BCUT2D eigenvalue weighted by atomic mass is 9.94. The van der Waals surface area contributed by atoms with Crippen LogP contribution in [0.2, 0.25) is 0 Å². The minimum absolute atomic E-state index is 0.250. The monoisotopic (exact) mass is 163 g/mol. The van der Waals surface area contributed by atoms with E-state index in [2.05, 4.69) is 12.2 Å². The zero-order valence-corrected chi connectivity index (χ0v) is 7.34. The number of rotatable bonds is 0. The van der Waals surface area contributed by atoms with Gasteiger partial charge in [-0.25, -0.2) is 0 Å². The number of carbonyl (C=O) groups excluding carboxylic acids is 1. The van der Waals surface area contributed by atoms with Crippen LogP contribution >= 0.6 is 0 Å². The number of likely N-dealkylation sites (N-methyl/N-ethyl adjacent to an activating group) is 1. The summed E-state index contributed by atoms with van der Waals surface area (Å²) in [7, 11) is 1.87. The van der Waals surface area contributed by atoms with Crippen molar-refractivity contribution in [3.05, 3.63) is 23.4 Å². The molecule has 1 aliphatic carbocycles. The van der Waals surface area contributed by atoms with Gasteiger partial charge in [-0.3, -0.25) is 4.79 Å². The number of piperidine rings is 1. The van der Waals surface area contributed by atoms with Gasteiger partial charge in [0.25, 0.3) is 0 Å². The second kappa shape index (κ2) is 2.77. The fraction of sp³-hybridized carbons (Fsp3) is 0.500. The van der Waals surface area contributed by atoms with E-state index in [0.29, 0.717) is 6.42 Å². The lowest BCUT2D eigenvalue weighted by Crippen LogP contribution is -2.31. The van der Waals surface area contributed by atoms with Crippen LogP contribution in [-0.2, 0) is 4.79 Å². The van der Waals surface area contributed by atoms with Gasteiger partial charge in [0.15, 0.2) is 0 Å². The Labute approximate surface area is 72.6 Å². The molecule has 2 rings (SSSR count). The molecule has 1 fully saturated rings. The maximum Gasteiger partial charge on any atom is 0.227 e. The molecule has 0 aromatic carbocycles. The van der Waals surface area contributed by atoms with E-state index < -0.39 is 0 Å². The molecule has 2 heteroatoms. The number of likely N-dealkylation sites (tertiary alicyclic amines) is 1. The Kier molecular flexibility index (Phi) is 1.75. The highest BCUT2D eigenvalue weighted by molar-refractivity contribution is 5.81. The number of hydrogen-bond acceptors (Lipinski definition) is 1. The molecule has 0 aromatic heterocycles. The third-order valence-corrected chi connectivity index (χ3v) is 2.57. The zero-order chi connectivity index (χ0) is 8.55. The standard InChI is InChI=1S/C10H13NO/c1-11-9-5-3-2-4-8(9)6-7-10(11)12/h4-5H,2-3,6-7H2,1H3. The first-order valence-electron chi connectivity index (χ1n) is 4.45. The minimum Gasteiger partial charge on any atom is -0.316 e. The van der Waals surface area contributed by atoms with Crippen molar-refractivity contribution in [1.82, 2.24) is 4.90 Å². The summed E-state index contributed by atoms with van der Waals surface area (Å²) in [5, 5.41) is 0. The van der Waals surface area contributed by atoms with Gasteiger partial charge in [-0.15, -0.1) is 0 Å². The number of carbonyl (C=O) groups is 1. The van der Waals surface area contributed by atoms with Gasteiger partial charge in [0, 0.05) is 19.2 Å². The summed E-state index contributed by atoms with van der Waals surface area (Å²) in [6, 6.07) is 0. The number of fused-ring (bicyclic) bond motifs is 1. The highest BCUT2D eigenvalue weighted by Crippen LogP contribution is 2.29. The van der Waals surface area contributed by atoms with Gasteiger partial charge in [0.05, 0.1) is 0 Å². The van der Waals surface area contributed by atoms with Gasteiger partial charge < -0.3 is 4.90 Å². The number of nitrogens with zero attached hydrogens (tertiary/aromatic N) is 1. The summed E-state index contributed by atoms with van der Waals surface area (Å²) in [5.41, 5.74) is 2.51. The fourth-order valence-corrected chi connectivity index (χ4v) is 1.84. The molecule has 0 radical (unpaired) electrons. The van der Waals surface area contributed by atoms with Crippen LogP contribution in [0.1, 0.15) is 25.7 Å². The third-order valence-electron chi connectivity index (χ3n) is 2.57. The molecule has 2 aliphatic rings. The Balaban J connectivity index is 2.30. The second-order valence-corrected chi connectivity index (χ2v) is 3.35. The van der Waals surface area contributed by atoms with Crippen molar-refractivity contribution in [2.75, 3.05) is 7.05 Å². The maximum atomic E-state index is 11.3. The van der Waals surface area contributed by atoms with Gasteiger partial charge in [0.2, 0.25) is 5.91 Å². The Hall–Kier alpha value is -1.05. The summed E-state index contributed by atoms with van der Waals surface area (Å²) in [6.45, 7) is 0. The molecule has 0 spiro atoms. The van der Waals surface area contributed by atoms with E-state index in [0.717, 1.165) is 25.0 Å². The summed E-state index contributed by atoms with van der Waals surface area (Å²) < 4.78 is 0. The normalized spacial score (nSPS) is 23.1. The van der Waals surface area contributed by atoms with E-state index in [4.69, 9.17) is 0 Å². The largest absolute Gasteiger partial charge is 0.316 e. The molecule has 1 amide bonds. The van der Waals surface area contributed by atoms with Crippen molar-refractivity contribution < 1.29 is 4.79 Å². The second-order valence-electron chi connectivity index (χ2n) is 3.35. The van der Waals surface area contributed by atoms with Crippen molar-refractivity contribution in [1.29, 1.82) is 0 Å². The predicted octanol–water partition coefficient (Wildman–Crippen LogP) is 1.84. The molecule has 0 bridgehead atoms. The minimum atomic E-state index is 0.250. The van der Waals surface area contributed by atoms with Crippen molar-refractivity contribution in [2.45, 2.75) is 25.7 Å². The smallest absolute Gasteiger partial charge is 0.227 e. The third kappa shape index (κ3) is 1.07. The maximum absolute atomic E-state index is 11.3. The fourth-order valence-electron chi connectivity index (χ4n) is 1.84. The van der Waals surface area contributed by atoms with Crippen LogP contribution in [0.4, 0.5) is 0 Å². The molecule has 1 aliphatic heterocycles. The van der Waals surface area contributed by atoms with Crippen molar-refractivity contribution in [3.8, 4) is 0 Å². The Morgan fingerprint density at radius 1 is 1.25 bits per heavy atom. The first kappa shape index (κ1) is 7.59. The van der Waals surface area contributed by atoms with E-state index >= 15 is 0 Å². The van der Waals surface area contributed by atoms with E-state index in [-0.39, 0.29) is 5.91 Å². The van der Waals surface area contributed by atoms with Crippen LogP contribution < -0.4 is 0 Å². The van der Waals surface area contributed by atoms with Gasteiger partial charge in [-0.05, 0) is 24.8 Å². The summed E-state index contributed by atoms with van der Waals surface area (Å²) in [6.07, 6.45) is 8.27. The lowest BCUT2D eigenvalue weighted by molar-refractivity contribution is -0.128. The molecule has 12 heavy (non-hydrogen) atoms. The van der Waals surface area contributed by atoms with E-state index in [1.165, 1.54) is 5.57 Å². The van der Waals surface area contributed by atoms with Crippen molar-refractivity contribution in [2.24, 2.45) is 0 Å². The molecule has 1 saturated heterocycles. The molecule has 0 saturated carbocycles. The van der Waals surface area contributed by atoms with Gasteiger partial charge >= 0.3 is 0 Å². The van der Waals surface area contributed by atoms with E-state index in [9.17, 15) is 4.79 Å². The molecule has 1 heterocycles. The summed E-state index contributed by atoms with van der Waals surface area (Å²) in [4.78, 5) is 13.1. The highest BCUT2D eigenvalue weighted by Gasteiger charge is 2.23. The van der Waals surface area contributed by atoms with Gasteiger partial charge in [0.1, 0.15) is 0 Å². The van der Waals surface area contributed by atoms with Crippen LogP contribution in [0.3, 0.4) is 0 Å². The number of amides is 1. The van der Waals surface area contributed by atoms with Crippen LogP contribution in [0.15, 0.2) is 23.4 Å². The highest BCUT2D eigenvalue weighted by atomic mass is 16.2.